The fourth-order valence-electron chi connectivity index (χ4n) is 3.61. The van der Waals surface area contributed by atoms with Gasteiger partial charge in [-0.05, 0) is 49.9 Å². The van der Waals surface area contributed by atoms with Gasteiger partial charge in [0.25, 0.3) is 5.91 Å². The van der Waals surface area contributed by atoms with Crippen molar-refractivity contribution in [3.05, 3.63) is 29.3 Å². The number of piperidine rings is 1. The summed E-state index contributed by atoms with van der Waals surface area (Å²) in [5, 5.41) is 9.23. The molecule has 1 amide bonds. The molecular formula is C17H22N2O5S. The Morgan fingerprint density at radius 1 is 1.24 bits per heavy atom. The first-order valence-corrected chi connectivity index (χ1v) is 10.2. The van der Waals surface area contributed by atoms with E-state index < -0.39 is 21.9 Å². The first kappa shape index (κ1) is 17.7. The highest BCUT2D eigenvalue weighted by Crippen LogP contribution is 2.32. The molecule has 0 spiro atoms. The van der Waals surface area contributed by atoms with E-state index in [4.69, 9.17) is 0 Å². The summed E-state index contributed by atoms with van der Waals surface area (Å²) >= 11 is 0. The Kier molecular flexibility index (Phi) is 4.49. The van der Waals surface area contributed by atoms with Crippen LogP contribution in [0.4, 0.5) is 5.69 Å². The van der Waals surface area contributed by atoms with Gasteiger partial charge < -0.3 is 10.0 Å². The Bertz CT molecular complexity index is 820. The maximum absolute atomic E-state index is 12.9. The zero-order chi connectivity index (χ0) is 18.4. The van der Waals surface area contributed by atoms with E-state index >= 15 is 0 Å². The lowest BCUT2D eigenvalue weighted by Gasteiger charge is -2.36. The highest BCUT2D eigenvalue weighted by atomic mass is 32.2. The Morgan fingerprint density at radius 2 is 1.96 bits per heavy atom. The predicted molar refractivity (Wildman–Crippen MR) is 93.2 cm³/mol. The van der Waals surface area contributed by atoms with Crippen LogP contribution in [0, 0.1) is 5.92 Å². The number of amides is 1. The number of carboxylic acid groups (broad SMARTS) is 1. The fraction of sp³-hybridized carbons (Fsp3) is 0.529. The molecule has 1 saturated heterocycles. The van der Waals surface area contributed by atoms with Crippen LogP contribution in [0.2, 0.25) is 0 Å². The zero-order valence-corrected chi connectivity index (χ0v) is 15.1. The summed E-state index contributed by atoms with van der Waals surface area (Å²) in [4.78, 5) is 25.7. The Balaban J connectivity index is 1.85. The number of aliphatic carboxylic acids is 1. The van der Waals surface area contributed by atoms with Gasteiger partial charge in [0.15, 0.2) is 0 Å². The van der Waals surface area contributed by atoms with E-state index in [1.807, 2.05) is 6.92 Å². The van der Waals surface area contributed by atoms with Gasteiger partial charge in [0.1, 0.15) is 0 Å². The number of carboxylic acids is 1. The maximum Gasteiger partial charge on any atom is 0.308 e. The zero-order valence-electron chi connectivity index (χ0n) is 14.3. The van der Waals surface area contributed by atoms with Crippen LogP contribution in [-0.2, 0) is 21.2 Å². The van der Waals surface area contributed by atoms with Crippen LogP contribution in [-0.4, -0.2) is 55.7 Å². The summed E-state index contributed by atoms with van der Waals surface area (Å²) in [5.41, 5.74) is 1.93. The number of sulfonamides is 1. The van der Waals surface area contributed by atoms with E-state index in [2.05, 4.69) is 0 Å². The number of anilines is 1. The van der Waals surface area contributed by atoms with Gasteiger partial charge in [-0.3, -0.25) is 13.9 Å². The molecule has 7 nitrogen and oxygen atoms in total. The molecule has 2 unspecified atom stereocenters. The van der Waals surface area contributed by atoms with Gasteiger partial charge in [0.05, 0.1) is 17.9 Å². The van der Waals surface area contributed by atoms with Gasteiger partial charge in [-0.2, -0.15) is 0 Å². The van der Waals surface area contributed by atoms with Crippen molar-refractivity contribution in [1.29, 1.82) is 0 Å². The normalized spacial score (nSPS) is 23.4. The molecule has 2 aliphatic rings. The van der Waals surface area contributed by atoms with E-state index in [0.717, 1.165) is 5.56 Å². The number of hydrogen-bond acceptors (Lipinski definition) is 4. The van der Waals surface area contributed by atoms with Crippen molar-refractivity contribution in [3.63, 3.8) is 0 Å². The van der Waals surface area contributed by atoms with Crippen molar-refractivity contribution < 1.29 is 23.1 Å². The number of rotatable bonds is 3. The monoisotopic (exact) mass is 366 g/mol. The molecule has 0 bridgehead atoms. The first-order chi connectivity index (χ1) is 11.7. The van der Waals surface area contributed by atoms with Gasteiger partial charge in [-0.1, -0.05) is 0 Å². The van der Waals surface area contributed by atoms with E-state index in [9.17, 15) is 23.1 Å². The molecule has 1 N–H and O–H groups in total. The summed E-state index contributed by atoms with van der Waals surface area (Å²) in [7, 11) is -3.32. The Morgan fingerprint density at radius 3 is 2.60 bits per heavy atom. The smallest absolute Gasteiger partial charge is 0.308 e. The number of carbonyl (C=O) groups excluding carboxylic acids is 1. The molecule has 2 aliphatic heterocycles. The standard InChI is InChI=1S/C17H22N2O5S/c1-11-3-4-14(17(21)22)10-18(11)16(20)13-5-6-15-12(9-13)7-8-19(15)25(2,23)24/h5-6,9,11,14H,3-4,7-8,10H2,1-2H3,(H,21,22). The molecule has 136 valence electrons. The second-order valence-corrected chi connectivity index (χ2v) is 8.75. The number of carbonyl (C=O) groups is 2. The minimum Gasteiger partial charge on any atom is -0.481 e. The van der Waals surface area contributed by atoms with Crippen molar-refractivity contribution in [2.45, 2.75) is 32.2 Å². The van der Waals surface area contributed by atoms with Crippen molar-refractivity contribution in [2.75, 3.05) is 23.7 Å². The molecule has 0 aliphatic carbocycles. The molecule has 1 aromatic carbocycles. The molecule has 0 aromatic heterocycles. The molecule has 0 radical (unpaired) electrons. The lowest BCUT2D eigenvalue weighted by Crippen LogP contribution is -2.47. The third-order valence-electron chi connectivity index (χ3n) is 5.07. The largest absolute Gasteiger partial charge is 0.481 e. The van der Waals surface area contributed by atoms with Crippen molar-refractivity contribution in [2.24, 2.45) is 5.92 Å². The van der Waals surface area contributed by atoms with Crippen molar-refractivity contribution >= 4 is 27.6 Å². The third-order valence-corrected chi connectivity index (χ3v) is 6.25. The molecular weight excluding hydrogens is 344 g/mol. The van der Waals surface area contributed by atoms with Gasteiger partial charge in [-0.15, -0.1) is 0 Å². The van der Waals surface area contributed by atoms with Gasteiger partial charge in [-0.25, -0.2) is 8.42 Å². The quantitative estimate of drug-likeness (QED) is 0.871. The average Bonchev–Trinajstić information content (AvgIpc) is 2.97. The minimum atomic E-state index is -3.32. The Hall–Kier alpha value is -2.09. The van der Waals surface area contributed by atoms with E-state index in [1.165, 1.54) is 10.6 Å². The lowest BCUT2D eigenvalue weighted by molar-refractivity contribution is -0.143. The number of nitrogens with zero attached hydrogens (tertiary/aromatic N) is 2. The number of benzene rings is 1. The third kappa shape index (κ3) is 3.35. The van der Waals surface area contributed by atoms with Crippen molar-refractivity contribution in [3.8, 4) is 0 Å². The first-order valence-electron chi connectivity index (χ1n) is 8.33. The van der Waals surface area contributed by atoms with Crippen LogP contribution in [0.3, 0.4) is 0 Å². The van der Waals surface area contributed by atoms with E-state index in [1.54, 1.807) is 23.1 Å². The number of fused-ring (bicyclic) bond motifs is 1. The van der Waals surface area contributed by atoms with Crippen LogP contribution >= 0.6 is 0 Å². The summed E-state index contributed by atoms with van der Waals surface area (Å²) in [5.74, 6) is -1.60. The maximum atomic E-state index is 12.9. The van der Waals surface area contributed by atoms with Gasteiger partial charge in [0, 0.05) is 24.7 Å². The molecule has 0 saturated carbocycles. The number of likely N-dealkylation sites (tertiary alicyclic amines) is 1. The highest BCUT2D eigenvalue weighted by molar-refractivity contribution is 7.92. The SMILES string of the molecule is CC1CCC(C(=O)O)CN1C(=O)c1ccc2c(c1)CCN2S(C)(=O)=O. The van der Waals surface area contributed by atoms with Crippen LogP contribution in [0.1, 0.15) is 35.7 Å². The van der Waals surface area contributed by atoms with Crippen LogP contribution in [0.15, 0.2) is 18.2 Å². The second kappa shape index (κ2) is 6.33. The molecule has 2 heterocycles. The molecule has 1 fully saturated rings. The second-order valence-electron chi connectivity index (χ2n) is 6.85. The van der Waals surface area contributed by atoms with Crippen LogP contribution in [0.25, 0.3) is 0 Å². The summed E-state index contributed by atoms with van der Waals surface area (Å²) in [6.07, 6.45) is 2.97. The molecule has 25 heavy (non-hydrogen) atoms. The van der Waals surface area contributed by atoms with Gasteiger partial charge >= 0.3 is 5.97 Å². The molecule has 3 rings (SSSR count). The van der Waals surface area contributed by atoms with E-state index in [-0.39, 0.29) is 18.5 Å². The molecule has 1 aromatic rings. The predicted octanol–water partition coefficient (Wildman–Crippen LogP) is 1.33. The van der Waals surface area contributed by atoms with Crippen LogP contribution in [0.5, 0.6) is 0 Å². The highest BCUT2D eigenvalue weighted by Gasteiger charge is 2.34. The molecule has 8 heteroatoms. The number of hydrogen-bond donors (Lipinski definition) is 1. The summed E-state index contributed by atoms with van der Waals surface area (Å²) in [6, 6.07) is 5.02. The van der Waals surface area contributed by atoms with Crippen molar-refractivity contribution in [1.82, 2.24) is 4.90 Å². The summed E-state index contributed by atoms with van der Waals surface area (Å²) in [6.45, 7) is 2.52. The van der Waals surface area contributed by atoms with E-state index in [0.29, 0.717) is 37.1 Å². The molecule has 2 atom stereocenters. The topological polar surface area (TPSA) is 95.0 Å². The van der Waals surface area contributed by atoms with Crippen LogP contribution < -0.4 is 4.31 Å². The minimum absolute atomic E-state index is 0.0103. The lowest BCUT2D eigenvalue weighted by atomic mass is 9.92. The summed E-state index contributed by atoms with van der Waals surface area (Å²) < 4.78 is 24.9. The fourth-order valence-corrected chi connectivity index (χ4v) is 4.56. The average molecular weight is 366 g/mol. The van der Waals surface area contributed by atoms with Gasteiger partial charge in [0.2, 0.25) is 10.0 Å². The Labute approximate surface area is 147 Å².